The van der Waals surface area contributed by atoms with Crippen molar-refractivity contribution >= 4 is 42.3 Å². The van der Waals surface area contributed by atoms with E-state index < -0.39 is 6.04 Å². The summed E-state index contributed by atoms with van der Waals surface area (Å²) in [5, 5.41) is 3.45. The third kappa shape index (κ3) is 6.73. The van der Waals surface area contributed by atoms with Gasteiger partial charge in [-0.2, -0.15) is 0 Å². The Hall–Kier alpha value is -0.590. The quantitative estimate of drug-likeness (QED) is 0.798. The molecule has 0 saturated carbocycles. The molecular weight excluding hydrogens is 376 g/mol. The summed E-state index contributed by atoms with van der Waals surface area (Å²) >= 11 is 6.08. The molecule has 0 radical (unpaired) electrons. The van der Waals surface area contributed by atoms with Crippen LogP contribution >= 0.6 is 36.4 Å². The number of nitrogens with two attached hydrogens (primary N) is 1. The lowest BCUT2D eigenvalue weighted by Crippen LogP contribution is -2.51. The molecule has 138 valence electrons. The average Bonchev–Trinajstić information content (AvgIpc) is 2.49. The van der Waals surface area contributed by atoms with Gasteiger partial charge in [-0.3, -0.25) is 9.69 Å². The number of piperidine rings is 1. The summed E-state index contributed by atoms with van der Waals surface area (Å²) in [4.78, 5) is 14.1. The van der Waals surface area contributed by atoms with Gasteiger partial charge < -0.3 is 11.1 Å². The second-order valence-corrected chi connectivity index (χ2v) is 6.24. The number of carbonyl (C=O) groups is 1. The summed E-state index contributed by atoms with van der Waals surface area (Å²) in [6.07, 6.45) is 2.59. The molecule has 1 aromatic carbocycles. The van der Waals surface area contributed by atoms with Gasteiger partial charge >= 0.3 is 0 Å². The number of nitrogens with zero attached hydrogens (tertiary/aromatic N) is 1. The van der Waals surface area contributed by atoms with Crippen LogP contribution < -0.4 is 11.1 Å². The molecule has 1 aliphatic rings. The SMILES string of the molecule is CC[C@H](N)C(=O)NC1CCCN(Cc2ccc(F)cc2Cl)C1.Cl.Cl. The minimum atomic E-state index is -0.443. The van der Waals surface area contributed by atoms with Crippen molar-refractivity contribution in [2.45, 2.75) is 44.8 Å². The van der Waals surface area contributed by atoms with Crippen LogP contribution in [0.4, 0.5) is 4.39 Å². The molecule has 2 rings (SSSR count). The van der Waals surface area contributed by atoms with Crippen LogP contribution in [0.1, 0.15) is 31.7 Å². The Morgan fingerprint density at radius 3 is 2.83 bits per heavy atom. The predicted octanol–water partition coefficient (Wildman–Crippen LogP) is 3.14. The highest BCUT2D eigenvalue weighted by atomic mass is 35.5. The van der Waals surface area contributed by atoms with Gasteiger partial charge in [-0.15, -0.1) is 24.8 Å². The van der Waals surface area contributed by atoms with Gasteiger partial charge in [-0.05, 0) is 43.5 Å². The van der Waals surface area contributed by atoms with E-state index in [0.29, 0.717) is 18.0 Å². The standard InChI is InChI=1S/C16H23ClFN3O.2ClH/c1-2-15(19)16(22)20-13-4-3-7-21(10-13)9-11-5-6-12(18)8-14(11)17;;/h5-6,8,13,15H,2-4,7,9-10,19H2,1H3,(H,20,22);2*1H/t13?,15-;;/m0../s1. The summed E-state index contributed by atoms with van der Waals surface area (Å²) in [5.41, 5.74) is 6.65. The molecule has 24 heavy (non-hydrogen) atoms. The van der Waals surface area contributed by atoms with Gasteiger partial charge in [0.1, 0.15) is 5.82 Å². The van der Waals surface area contributed by atoms with E-state index in [1.807, 2.05) is 6.92 Å². The van der Waals surface area contributed by atoms with Crippen molar-refractivity contribution in [3.8, 4) is 0 Å². The normalized spacial score (nSPS) is 18.9. The predicted molar refractivity (Wildman–Crippen MR) is 101 cm³/mol. The van der Waals surface area contributed by atoms with Crippen molar-refractivity contribution < 1.29 is 9.18 Å². The van der Waals surface area contributed by atoms with E-state index in [1.54, 1.807) is 6.07 Å². The third-order valence-electron chi connectivity index (χ3n) is 4.04. The number of hydrogen-bond acceptors (Lipinski definition) is 3. The molecule has 1 heterocycles. The number of nitrogens with one attached hydrogen (secondary N) is 1. The van der Waals surface area contributed by atoms with E-state index in [0.717, 1.165) is 31.5 Å². The summed E-state index contributed by atoms with van der Waals surface area (Å²) < 4.78 is 13.1. The maximum Gasteiger partial charge on any atom is 0.237 e. The molecule has 1 fully saturated rings. The number of likely N-dealkylation sites (tertiary alicyclic amines) is 1. The minimum absolute atomic E-state index is 0. The molecule has 0 aliphatic carbocycles. The molecule has 0 aromatic heterocycles. The topological polar surface area (TPSA) is 58.4 Å². The number of hydrogen-bond donors (Lipinski definition) is 2. The van der Waals surface area contributed by atoms with Crippen molar-refractivity contribution in [3.05, 3.63) is 34.6 Å². The van der Waals surface area contributed by atoms with Crippen molar-refractivity contribution in [3.63, 3.8) is 0 Å². The van der Waals surface area contributed by atoms with E-state index in [9.17, 15) is 9.18 Å². The summed E-state index contributed by atoms with van der Waals surface area (Å²) in [7, 11) is 0. The zero-order valence-electron chi connectivity index (χ0n) is 13.6. The largest absolute Gasteiger partial charge is 0.351 e. The van der Waals surface area contributed by atoms with Gasteiger partial charge in [0, 0.05) is 24.2 Å². The van der Waals surface area contributed by atoms with E-state index in [2.05, 4.69) is 10.2 Å². The molecule has 0 spiro atoms. The Bertz CT molecular complexity index is 533. The van der Waals surface area contributed by atoms with E-state index in [-0.39, 0.29) is 42.6 Å². The lowest BCUT2D eigenvalue weighted by atomic mass is 10.0. The Balaban J connectivity index is 0.00000264. The van der Waals surface area contributed by atoms with Gasteiger partial charge in [0.25, 0.3) is 0 Å². The molecule has 1 aliphatic heterocycles. The van der Waals surface area contributed by atoms with Gasteiger partial charge in [0.2, 0.25) is 5.91 Å². The second-order valence-electron chi connectivity index (χ2n) is 5.83. The molecule has 1 amide bonds. The fourth-order valence-electron chi connectivity index (χ4n) is 2.70. The van der Waals surface area contributed by atoms with Gasteiger partial charge in [0.05, 0.1) is 6.04 Å². The van der Waals surface area contributed by atoms with Crippen LogP contribution in [0.2, 0.25) is 5.02 Å². The number of rotatable bonds is 5. The fourth-order valence-corrected chi connectivity index (χ4v) is 2.93. The van der Waals surface area contributed by atoms with Crippen LogP contribution in [-0.4, -0.2) is 36.0 Å². The Morgan fingerprint density at radius 1 is 1.50 bits per heavy atom. The summed E-state index contributed by atoms with van der Waals surface area (Å²) in [6, 6.07) is 4.14. The summed E-state index contributed by atoms with van der Waals surface area (Å²) in [5.74, 6) is -0.416. The highest BCUT2D eigenvalue weighted by Gasteiger charge is 2.23. The molecule has 8 heteroatoms. The zero-order valence-corrected chi connectivity index (χ0v) is 16.0. The molecule has 0 bridgehead atoms. The van der Waals surface area contributed by atoms with Crippen molar-refractivity contribution in [1.29, 1.82) is 0 Å². The molecule has 1 saturated heterocycles. The minimum Gasteiger partial charge on any atom is -0.351 e. The van der Waals surface area contributed by atoms with Crippen LogP contribution in [0.3, 0.4) is 0 Å². The molecule has 4 nitrogen and oxygen atoms in total. The van der Waals surface area contributed by atoms with E-state index in [4.69, 9.17) is 17.3 Å². The van der Waals surface area contributed by atoms with Crippen LogP contribution in [-0.2, 0) is 11.3 Å². The third-order valence-corrected chi connectivity index (χ3v) is 4.39. The van der Waals surface area contributed by atoms with Crippen LogP contribution in [0.15, 0.2) is 18.2 Å². The Kier molecular flexibility index (Phi) is 10.8. The second kappa shape index (κ2) is 11.1. The smallest absolute Gasteiger partial charge is 0.237 e. The van der Waals surface area contributed by atoms with Crippen LogP contribution in [0, 0.1) is 5.82 Å². The van der Waals surface area contributed by atoms with Gasteiger partial charge in [0.15, 0.2) is 0 Å². The maximum absolute atomic E-state index is 13.1. The Labute approximate surface area is 160 Å². The van der Waals surface area contributed by atoms with Crippen molar-refractivity contribution in [2.24, 2.45) is 5.73 Å². The summed E-state index contributed by atoms with van der Waals surface area (Å²) in [6.45, 7) is 4.26. The molecular formula is C16H25Cl3FN3O. The van der Waals surface area contributed by atoms with E-state index >= 15 is 0 Å². The first-order valence-corrected chi connectivity index (χ1v) is 8.09. The fraction of sp³-hybridized carbons (Fsp3) is 0.562. The average molecular weight is 401 g/mol. The number of amides is 1. The first-order chi connectivity index (χ1) is 10.5. The van der Waals surface area contributed by atoms with Crippen LogP contribution in [0.25, 0.3) is 0 Å². The molecule has 2 atom stereocenters. The van der Waals surface area contributed by atoms with Crippen LogP contribution in [0.5, 0.6) is 0 Å². The molecule has 3 N–H and O–H groups in total. The lowest BCUT2D eigenvalue weighted by Gasteiger charge is -2.33. The monoisotopic (exact) mass is 399 g/mol. The van der Waals surface area contributed by atoms with Crippen molar-refractivity contribution in [2.75, 3.05) is 13.1 Å². The lowest BCUT2D eigenvalue weighted by molar-refractivity contribution is -0.123. The van der Waals surface area contributed by atoms with Gasteiger partial charge in [-0.25, -0.2) is 4.39 Å². The number of halogens is 4. The molecule has 1 unspecified atom stereocenters. The zero-order chi connectivity index (χ0) is 16.1. The highest BCUT2D eigenvalue weighted by molar-refractivity contribution is 6.31. The first kappa shape index (κ1) is 23.4. The number of benzene rings is 1. The Morgan fingerprint density at radius 2 is 2.21 bits per heavy atom. The first-order valence-electron chi connectivity index (χ1n) is 7.71. The van der Waals surface area contributed by atoms with E-state index in [1.165, 1.54) is 12.1 Å². The van der Waals surface area contributed by atoms with Crippen molar-refractivity contribution in [1.82, 2.24) is 10.2 Å². The highest BCUT2D eigenvalue weighted by Crippen LogP contribution is 2.21. The number of carbonyl (C=O) groups excluding carboxylic acids is 1. The molecule has 1 aromatic rings. The maximum atomic E-state index is 13.1. The van der Waals surface area contributed by atoms with Gasteiger partial charge in [-0.1, -0.05) is 24.6 Å².